The van der Waals surface area contributed by atoms with E-state index in [1.165, 1.54) is 11.1 Å². The second kappa shape index (κ2) is 4.68. The van der Waals surface area contributed by atoms with Gasteiger partial charge in [-0.1, -0.05) is 25.1 Å². The van der Waals surface area contributed by atoms with Crippen LogP contribution in [-0.4, -0.2) is 11.7 Å². The summed E-state index contributed by atoms with van der Waals surface area (Å²) in [5.41, 5.74) is 3.40. The third-order valence-electron chi connectivity index (χ3n) is 7.69. The molecule has 1 nitrogen and oxygen atoms in total. The van der Waals surface area contributed by atoms with Gasteiger partial charge in [0.2, 0.25) is 0 Å². The lowest BCUT2D eigenvalue weighted by atomic mass is 9.55. The summed E-state index contributed by atoms with van der Waals surface area (Å²) in [7, 11) is 0. The average Bonchev–Trinajstić information content (AvgIpc) is 3.09. The number of benzene rings is 1. The van der Waals surface area contributed by atoms with Gasteiger partial charge in [-0.05, 0) is 66.5 Å². The van der Waals surface area contributed by atoms with Gasteiger partial charge in [0.1, 0.15) is 5.78 Å². The molecule has 24 heavy (non-hydrogen) atoms. The van der Waals surface area contributed by atoms with E-state index >= 15 is 0 Å². The molecular weight excluding hydrogens is 306 g/mol. The first kappa shape index (κ1) is 15.0. The minimum absolute atomic E-state index is 0.00901. The molecule has 5 atom stereocenters. The van der Waals surface area contributed by atoms with Crippen LogP contribution in [0.15, 0.2) is 18.2 Å². The predicted molar refractivity (Wildman–Crippen MR) is 88.4 cm³/mol. The minimum Gasteiger partial charge on any atom is -0.299 e. The van der Waals surface area contributed by atoms with Crippen LogP contribution in [0, 0.1) is 17.3 Å². The van der Waals surface area contributed by atoms with Crippen LogP contribution in [0.25, 0.3) is 0 Å². The van der Waals surface area contributed by atoms with Crippen LogP contribution in [0.1, 0.15) is 74.0 Å². The summed E-state index contributed by atoms with van der Waals surface area (Å²) in [6.07, 6.45) is 6.00. The maximum atomic E-state index is 13.5. The lowest BCUT2D eigenvalue weighted by Gasteiger charge is -2.48. The van der Waals surface area contributed by atoms with Crippen molar-refractivity contribution >= 4 is 5.78 Å². The van der Waals surface area contributed by atoms with Crippen molar-refractivity contribution in [3.05, 3.63) is 34.9 Å². The molecule has 128 valence electrons. The van der Waals surface area contributed by atoms with Crippen LogP contribution in [0.2, 0.25) is 0 Å². The number of halogens is 2. The first-order valence-electron chi connectivity index (χ1n) is 9.44. The molecule has 3 saturated carbocycles. The Labute approximate surface area is 141 Å². The second-order valence-electron chi connectivity index (χ2n) is 8.81. The average molecular weight is 330 g/mol. The van der Waals surface area contributed by atoms with E-state index in [1.54, 1.807) is 0 Å². The van der Waals surface area contributed by atoms with Gasteiger partial charge >= 0.3 is 0 Å². The molecule has 5 rings (SSSR count). The molecule has 0 bridgehead atoms. The van der Waals surface area contributed by atoms with Gasteiger partial charge in [-0.2, -0.15) is 0 Å². The topological polar surface area (TPSA) is 17.1 Å². The van der Waals surface area contributed by atoms with Crippen molar-refractivity contribution in [3.8, 4) is 0 Å². The van der Waals surface area contributed by atoms with Crippen LogP contribution in [0.5, 0.6) is 0 Å². The number of ketones is 1. The second-order valence-corrected chi connectivity index (χ2v) is 8.81. The molecule has 1 aromatic rings. The number of carbonyl (C=O) groups is 1. The Kier molecular flexibility index (Phi) is 2.93. The van der Waals surface area contributed by atoms with Gasteiger partial charge in [-0.25, -0.2) is 8.78 Å². The van der Waals surface area contributed by atoms with Crippen molar-refractivity contribution in [1.82, 2.24) is 0 Å². The van der Waals surface area contributed by atoms with E-state index in [1.807, 2.05) is 6.07 Å². The Morgan fingerprint density at radius 1 is 1.12 bits per heavy atom. The fourth-order valence-corrected chi connectivity index (χ4v) is 6.15. The van der Waals surface area contributed by atoms with E-state index in [9.17, 15) is 13.6 Å². The van der Waals surface area contributed by atoms with Gasteiger partial charge in [0.25, 0.3) is 5.92 Å². The first-order valence-corrected chi connectivity index (χ1v) is 9.44. The van der Waals surface area contributed by atoms with E-state index in [-0.39, 0.29) is 11.8 Å². The highest BCUT2D eigenvalue weighted by Gasteiger charge is 2.58. The lowest BCUT2D eigenvalue weighted by Crippen LogP contribution is -2.42. The van der Waals surface area contributed by atoms with E-state index in [4.69, 9.17) is 0 Å². The Morgan fingerprint density at radius 3 is 2.67 bits per heavy atom. The predicted octanol–water partition coefficient (Wildman–Crippen LogP) is 5.23. The molecule has 3 fully saturated rings. The third kappa shape index (κ3) is 1.93. The fourth-order valence-electron chi connectivity index (χ4n) is 6.15. The molecule has 4 aliphatic carbocycles. The fraction of sp³-hybridized carbons (Fsp3) is 0.667. The molecule has 0 saturated heterocycles. The number of Topliss-reactive ketones (excluding diaryl/α,β-unsaturated/α-hetero) is 1. The molecule has 3 heteroatoms. The maximum absolute atomic E-state index is 13.5. The summed E-state index contributed by atoms with van der Waals surface area (Å²) in [6, 6.07) is 6.12. The number of rotatable bonds is 1. The normalized spacial score (nSPS) is 42.2. The Balaban J connectivity index is 1.50. The Bertz CT molecular complexity index is 725. The quantitative estimate of drug-likeness (QED) is 0.689. The molecule has 0 aromatic heterocycles. The molecule has 0 amide bonds. The number of alkyl halides is 2. The minimum atomic E-state index is -2.49. The summed E-state index contributed by atoms with van der Waals surface area (Å²) in [6.45, 7) is 2.18. The van der Waals surface area contributed by atoms with Gasteiger partial charge in [-0.15, -0.1) is 0 Å². The van der Waals surface area contributed by atoms with Gasteiger partial charge in [0.15, 0.2) is 0 Å². The molecule has 0 radical (unpaired) electrons. The van der Waals surface area contributed by atoms with Crippen LogP contribution in [0.4, 0.5) is 8.78 Å². The van der Waals surface area contributed by atoms with Crippen molar-refractivity contribution in [1.29, 1.82) is 0 Å². The number of aryl methyl sites for hydroxylation is 1. The lowest BCUT2D eigenvalue weighted by molar-refractivity contribution is -0.129. The van der Waals surface area contributed by atoms with E-state index in [0.717, 1.165) is 44.1 Å². The van der Waals surface area contributed by atoms with Crippen molar-refractivity contribution in [3.63, 3.8) is 0 Å². The van der Waals surface area contributed by atoms with Crippen molar-refractivity contribution in [2.75, 3.05) is 0 Å². The van der Waals surface area contributed by atoms with Crippen molar-refractivity contribution < 1.29 is 13.6 Å². The summed E-state index contributed by atoms with van der Waals surface area (Å²) >= 11 is 0. The number of fused-ring (bicyclic) bond motifs is 5. The molecule has 0 N–H and O–H groups in total. The van der Waals surface area contributed by atoms with E-state index in [0.29, 0.717) is 23.5 Å². The van der Waals surface area contributed by atoms with Crippen molar-refractivity contribution in [2.24, 2.45) is 17.3 Å². The molecule has 0 aliphatic heterocycles. The van der Waals surface area contributed by atoms with Gasteiger partial charge in [-0.3, -0.25) is 4.79 Å². The van der Waals surface area contributed by atoms with Crippen LogP contribution in [-0.2, 0) is 11.2 Å². The molecule has 1 unspecified atom stereocenters. The monoisotopic (exact) mass is 330 g/mol. The molecular formula is C21H24F2O. The SMILES string of the molecule is C[C@@]12CC[C@H]3c4cc(C5CC5(F)F)ccc4CC[C@@H]3[C@H]1CCC2=O. The summed E-state index contributed by atoms with van der Waals surface area (Å²) in [5, 5.41) is 0. The maximum Gasteiger partial charge on any atom is 0.255 e. The Morgan fingerprint density at radius 2 is 1.92 bits per heavy atom. The molecule has 0 spiro atoms. The summed E-state index contributed by atoms with van der Waals surface area (Å²) < 4.78 is 27.0. The molecule has 0 heterocycles. The van der Waals surface area contributed by atoms with E-state index < -0.39 is 11.8 Å². The third-order valence-corrected chi connectivity index (χ3v) is 7.69. The highest BCUT2D eigenvalue weighted by Crippen LogP contribution is 2.61. The standard InChI is InChI=1S/C21H24F2O/c1-20-9-8-14-15(17(20)6-7-19(20)24)5-4-12-2-3-13(10-16(12)14)18-11-21(18,22)23/h2-3,10,14-15,17-18H,4-9,11H2,1H3/t14-,15+,17-,18?,20-/m1/s1. The summed E-state index contributed by atoms with van der Waals surface area (Å²) in [4.78, 5) is 12.4. The summed E-state index contributed by atoms with van der Waals surface area (Å²) in [5.74, 6) is -1.05. The van der Waals surface area contributed by atoms with Crippen LogP contribution >= 0.6 is 0 Å². The van der Waals surface area contributed by atoms with Crippen LogP contribution < -0.4 is 0 Å². The highest BCUT2D eigenvalue weighted by atomic mass is 19.3. The van der Waals surface area contributed by atoms with Gasteiger partial charge < -0.3 is 0 Å². The van der Waals surface area contributed by atoms with E-state index in [2.05, 4.69) is 19.1 Å². The number of hydrogen-bond acceptors (Lipinski definition) is 1. The first-order chi connectivity index (χ1) is 11.4. The largest absolute Gasteiger partial charge is 0.299 e. The van der Waals surface area contributed by atoms with Crippen LogP contribution in [0.3, 0.4) is 0 Å². The zero-order valence-corrected chi connectivity index (χ0v) is 14.2. The van der Waals surface area contributed by atoms with Gasteiger partial charge in [0, 0.05) is 18.3 Å². The smallest absolute Gasteiger partial charge is 0.255 e. The van der Waals surface area contributed by atoms with Crippen molar-refractivity contribution in [2.45, 2.75) is 69.6 Å². The zero-order chi connectivity index (χ0) is 16.7. The zero-order valence-electron chi connectivity index (χ0n) is 14.2. The van der Waals surface area contributed by atoms with Gasteiger partial charge in [0.05, 0.1) is 5.92 Å². The Hall–Kier alpha value is -1.25. The number of hydrogen-bond donors (Lipinski definition) is 0. The highest BCUT2D eigenvalue weighted by molar-refractivity contribution is 5.87. The molecule has 1 aromatic carbocycles. The number of carbonyl (C=O) groups excluding carboxylic acids is 1. The molecule has 4 aliphatic rings.